The van der Waals surface area contributed by atoms with Crippen molar-refractivity contribution in [1.29, 1.82) is 0 Å². The number of rotatable bonds is 9. The molecule has 0 aliphatic carbocycles. The van der Waals surface area contributed by atoms with E-state index in [0.29, 0.717) is 17.2 Å². The number of methoxy groups -OCH3 is 2. The Morgan fingerprint density at radius 2 is 1.50 bits per heavy atom. The van der Waals surface area contributed by atoms with Gasteiger partial charge in [0.15, 0.2) is 0 Å². The van der Waals surface area contributed by atoms with Crippen LogP contribution in [0, 0.1) is 0 Å². The first kappa shape index (κ1) is 16.9. The summed E-state index contributed by atoms with van der Waals surface area (Å²) < 4.78 is 42.1. The lowest BCUT2D eigenvalue weighted by atomic mass is 10.3. The summed E-state index contributed by atoms with van der Waals surface area (Å²) in [4.78, 5) is 0. The normalized spacial score (nSPS) is 11.2. The molecule has 0 atom stereocenters. The van der Waals surface area contributed by atoms with Crippen molar-refractivity contribution in [3.63, 3.8) is 0 Å². The van der Waals surface area contributed by atoms with E-state index in [4.69, 9.17) is 29.6 Å². The van der Waals surface area contributed by atoms with Crippen LogP contribution in [0.1, 0.15) is 0 Å². The van der Waals surface area contributed by atoms with E-state index in [1.54, 1.807) is 32.4 Å². The van der Waals surface area contributed by atoms with Crippen LogP contribution in [-0.4, -0.2) is 48.2 Å². The van der Waals surface area contributed by atoms with Gasteiger partial charge in [-0.3, -0.25) is 0 Å². The number of ether oxygens (including phenoxy) is 4. The Hall–Kier alpha value is -1.18. The average Bonchev–Trinajstić information content (AvgIpc) is 2.41. The van der Waals surface area contributed by atoms with E-state index >= 15 is 0 Å². The van der Waals surface area contributed by atoms with E-state index in [-0.39, 0.29) is 25.6 Å². The van der Waals surface area contributed by atoms with Crippen LogP contribution in [0.5, 0.6) is 17.2 Å². The van der Waals surface area contributed by atoms with Crippen LogP contribution in [-0.2, 0) is 13.8 Å². The van der Waals surface area contributed by atoms with Gasteiger partial charge in [0, 0.05) is 28.9 Å². The van der Waals surface area contributed by atoms with Crippen LogP contribution in [0.3, 0.4) is 0 Å². The molecule has 1 aromatic rings. The predicted molar refractivity (Wildman–Crippen MR) is 75.5 cm³/mol. The third kappa shape index (κ3) is 6.83. The Balaban J connectivity index is 2.34. The molecule has 0 aliphatic heterocycles. The minimum atomic E-state index is -3.51. The molecule has 0 aliphatic rings. The molecule has 0 heterocycles. The smallest absolute Gasteiger partial charge is 0.234 e. The molecule has 1 rings (SSSR count). The van der Waals surface area contributed by atoms with Crippen LogP contribution in [0.2, 0.25) is 0 Å². The number of benzene rings is 1. The quantitative estimate of drug-likeness (QED) is 0.508. The Kier molecular flexibility index (Phi) is 6.90. The van der Waals surface area contributed by atoms with Crippen LogP contribution in [0.4, 0.5) is 0 Å². The molecule has 0 unspecified atom stereocenters. The molecule has 8 heteroatoms. The Morgan fingerprint density at radius 1 is 0.950 bits per heavy atom. The zero-order valence-corrected chi connectivity index (χ0v) is 12.9. The van der Waals surface area contributed by atoms with Crippen molar-refractivity contribution < 1.29 is 27.4 Å². The molecule has 20 heavy (non-hydrogen) atoms. The fourth-order valence-electron chi connectivity index (χ4n) is 1.34. The van der Waals surface area contributed by atoms with E-state index in [9.17, 15) is 8.42 Å². The maximum atomic E-state index is 10.7. The third-order valence-corrected chi connectivity index (χ3v) is 3.41. The SMILES string of the molecule is COc1cc(OC)cc(OCCOCCS(=O)(=O)Cl)c1. The van der Waals surface area contributed by atoms with Crippen LogP contribution < -0.4 is 14.2 Å². The van der Waals surface area contributed by atoms with Gasteiger partial charge in [-0.15, -0.1) is 0 Å². The topological polar surface area (TPSA) is 71.1 Å². The summed E-state index contributed by atoms with van der Waals surface area (Å²) in [6.45, 7) is 0.571. The first-order chi connectivity index (χ1) is 9.44. The highest BCUT2D eigenvalue weighted by atomic mass is 35.7. The highest BCUT2D eigenvalue weighted by Gasteiger charge is 2.05. The zero-order chi connectivity index (χ0) is 15.0. The van der Waals surface area contributed by atoms with Gasteiger partial charge in [-0.05, 0) is 0 Å². The molecule has 114 valence electrons. The molecule has 0 fully saturated rings. The van der Waals surface area contributed by atoms with Gasteiger partial charge >= 0.3 is 0 Å². The summed E-state index contributed by atoms with van der Waals surface area (Å²) in [5.74, 6) is 1.60. The van der Waals surface area contributed by atoms with E-state index in [0.717, 1.165) is 0 Å². The Morgan fingerprint density at radius 3 is 2.00 bits per heavy atom. The molecule has 0 radical (unpaired) electrons. The van der Waals surface area contributed by atoms with Gasteiger partial charge in [0.25, 0.3) is 0 Å². The van der Waals surface area contributed by atoms with Gasteiger partial charge in [0.1, 0.15) is 23.9 Å². The fourth-order valence-corrected chi connectivity index (χ4v) is 1.85. The zero-order valence-electron chi connectivity index (χ0n) is 11.3. The molecule has 0 bridgehead atoms. The minimum Gasteiger partial charge on any atom is -0.496 e. The second-order valence-electron chi connectivity index (χ2n) is 3.75. The second kappa shape index (κ2) is 8.18. The van der Waals surface area contributed by atoms with Crippen molar-refractivity contribution in [3.05, 3.63) is 18.2 Å². The Bertz CT molecular complexity index is 494. The number of hydrogen-bond donors (Lipinski definition) is 0. The van der Waals surface area contributed by atoms with Crippen molar-refractivity contribution >= 4 is 19.7 Å². The summed E-state index contributed by atoms with van der Waals surface area (Å²) in [5, 5.41) is 0. The first-order valence-electron chi connectivity index (χ1n) is 5.80. The summed E-state index contributed by atoms with van der Waals surface area (Å²) in [7, 11) is 4.63. The molecule has 6 nitrogen and oxygen atoms in total. The lowest BCUT2D eigenvalue weighted by Gasteiger charge is -2.10. The molecule has 0 aromatic heterocycles. The van der Waals surface area contributed by atoms with Gasteiger partial charge in [0.05, 0.1) is 33.2 Å². The van der Waals surface area contributed by atoms with Crippen LogP contribution >= 0.6 is 10.7 Å². The van der Waals surface area contributed by atoms with E-state index in [1.165, 1.54) is 0 Å². The van der Waals surface area contributed by atoms with Crippen molar-refractivity contribution in [3.8, 4) is 17.2 Å². The first-order valence-corrected chi connectivity index (χ1v) is 8.28. The fraction of sp³-hybridized carbons (Fsp3) is 0.500. The van der Waals surface area contributed by atoms with Gasteiger partial charge in [0.2, 0.25) is 9.05 Å². The lowest BCUT2D eigenvalue weighted by molar-refractivity contribution is 0.111. The van der Waals surface area contributed by atoms with Gasteiger partial charge in [-0.2, -0.15) is 0 Å². The third-order valence-electron chi connectivity index (χ3n) is 2.29. The predicted octanol–water partition coefficient (Wildman–Crippen LogP) is 1.67. The molecular weight excluding hydrogens is 308 g/mol. The van der Waals surface area contributed by atoms with Crippen LogP contribution in [0.15, 0.2) is 18.2 Å². The molecule has 0 N–H and O–H groups in total. The minimum absolute atomic E-state index is 0.0383. The molecular formula is C12H17ClO6S. The second-order valence-corrected chi connectivity index (χ2v) is 6.65. The number of halogens is 1. The maximum Gasteiger partial charge on any atom is 0.234 e. The molecule has 1 aromatic carbocycles. The van der Waals surface area contributed by atoms with Gasteiger partial charge in [-0.1, -0.05) is 0 Å². The summed E-state index contributed by atoms with van der Waals surface area (Å²) in [5.41, 5.74) is 0. The van der Waals surface area contributed by atoms with Crippen molar-refractivity contribution in [2.75, 3.05) is 39.8 Å². The van der Waals surface area contributed by atoms with Crippen molar-refractivity contribution in [2.45, 2.75) is 0 Å². The van der Waals surface area contributed by atoms with E-state index in [2.05, 4.69) is 0 Å². The van der Waals surface area contributed by atoms with E-state index in [1.807, 2.05) is 0 Å². The van der Waals surface area contributed by atoms with Crippen molar-refractivity contribution in [1.82, 2.24) is 0 Å². The standard InChI is InChI=1S/C12H17ClO6S/c1-16-10-7-11(17-2)9-12(8-10)19-4-3-18-5-6-20(13,14)15/h7-9H,3-6H2,1-2H3. The largest absolute Gasteiger partial charge is 0.496 e. The summed E-state index contributed by atoms with van der Waals surface area (Å²) >= 11 is 0. The Labute approximate surface area is 123 Å². The van der Waals surface area contributed by atoms with Gasteiger partial charge < -0.3 is 18.9 Å². The van der Waals surface area contributed by atoms with Gasteiger partial charge in [-0.25, -0.2) is 8.42 Å². The molecule has 0 saturated heterocycles. The molecule has 0 spiro atoms. The highest BCUT2D eigenvalue weighted by Crippen LogP contribution is 2.27. The van der Waals surface area contributed by atoms with E-state index < -0.39 is 9.05 Å². The monoisotopic (exact) mass is 324 g/mol. The molecule has 0 amide bonds. The van der Waals surface area contributed by atoms with Crippen LogP contribution in [0.25, 0.3) is 0 Å². The number of hydrogen-bond acceptors (Lipinski definition) is 6. The van der Waals surface area contributed by atoms with Crippen molar-refractivity contribution in [2.24, 2.45) is 0 Å². The molecule has 0 saturated carbocycles. The highest BCUT2D eigenvalue weighted by molar-refractivity contribution is 8.13. The maximum absolute atomic E-state index is 10.7. The summed E-state index contributed by atoms with van der Waals surface area (Å²) in [6, 6.07) is 5.16. The lowest BCUT2D eigenvalue weighted by Crippen LogP contribution is -2.12. The average molecular weight is 325 g/mol. The summed E-state index contributed by atoms with van der Waals surface area (Å²) in [6.07, 6.45) is 0.